The standard InChI is InChI=1S/C17H27NO/c1-2-4-13-7-9-14(10-8-13)18-16-5-3-6-17-15(16)11-12-19-17/h11-14,16,18H,2-10H2,1H3. The third-order valence-corrected chi connectivity index (χ3v) is 5.03. The summed E-state index contributed by atoms with van der Waals surface area (Å²) in [5.41, 5.74) is 1.43. The van der Waals surface area contributed by atoms with Crippen LogP contribution in [0.2, 0.25) is 0 Å². The molecule has 0 aliphatic heterocycles. The van der Waals surface area contributed by atoms with Crippen molar-refractivity contribution < 1.29 is 4.42 Å². The lowest BCUT2D eigenvalue weighted by atomic mass is 9.82. The third-order valence-electron chi connectivity index (χ3n) is 5.03. The van der Waals surface area contributed by atoms with Crippen molar-refractivity contribution in [3.8, 4) is 0 Å². The zero-order chi connectivity index (χ0) is 13.1. The maximum Gasteiger partial charge on any atom is 0.108 e. The zero-order valence-electron chi connectivity index (χ0n) is 12.2. The van der Waals surface area contributed by atoms with Gasteiger partial charge in [-0.1, -0.05) is 19.8 Å². The van der Waals surface area contributed by atoms with Crippen LogP contribution in [0.15, 0.2) is 16.7 Å². The molecular weight excluding hydrogens is 234 g/mol. The summed E-state index contributed by atoms with van der Waals surface area (Å²) in [6.07, 6.45) is 13.9. The summed E-state index contributed by atoms with van der Waals surface area (Å²) in [6, 6.07) is 3.46. The molecule has 0 amide bonds. The van der Waals surface area contributed by atoms with Gasteiger partial charge in [-0.15, -0.1) is 0 Å². The predicted molar refractivity (Wildman–Crippen MR) is 78.2 cm³/mol. The molecule has 0 bridgehead atoms. The maximum atomic E-state index is 5.58. The first kappa shape index (κ1) is 13.2. The Kier molecular flexibility index (Phi) is 4.27. The van der Waals surface area contributed by atoms with Crippen LogP contribution >= 0.6 is 0 Å². The SMILES string of the molecule is CCCC1CCC(NC2CCCc3occc32)CC1. The van der Waals surface area contributed by atoms with Gasteiger partial charge in [0.05, 0.1) is 6.26 Å². The van der Waals surface area contributed by atoms with Crippen LogP contribution in [0, 0.1) is 5.92 Å². The van der Waals surface area contributed by atoms with Gasteiger partial charge in [0.2, 0.25) is 0 Å². The fraction of sp³-hybridized carbons (Fsp3) is 0.765. The minimum atomic E-state index is 0.551. The van der Waals surface area contributed by atoms with Gasteiger partial charge < -0.3 is 9.73 Å². The number of hydrogen-bond donors (Lipinski definition) is 1. The zero-order valence-corrected chi connectivity index (χ0v) is 12.2. The number of furan rings is 1. The van der Waals surface area contributed by atoms with Gasteiger partial charge in [0, 0.05) is 24.1 Å². The van der Waals surface area contributed by atoms with Crippen LogP contribution in [0.5, 0.6) is 0 Å². The van der Waals surface area contributed by atoms with Gasteiger partial charge in [0.25, 0.3) is 0 Å². The molecule has 0 aromatic carbocycles. The molecule has 1 atom stereocenters. The van der Waals surface area contributed by atoms with Crippen LogP contribution in [0.3, 0.4) is 0 Å². The minimum Gasteiger partial charge on any atom is -0.469 e. The van der Waals surface area contributed by atoms with Gasteiger partial charge in [0.1, 0.15) is 5.76 Å². The molecule has 2 aliphatic rings. The van der Waals surface area contributed by atoms with Gasteiger partial charge >= 0.3 is 0 Å². The molecule has 0 spiro atoms. The van der Waals surface area contributed by atoms with E-state index in [1.54, 1.807) is 0 Å². The second-order valence-corrected chi connectivity index (χ2v) is 6.42. The molecule has 0 radical (unpaired) electrons. The Morgan fingerprint density at radius 1 is 1.21 bits per heavy atom. The van der Waals surface area contributed by atoms with Gasteiger partial charge in [-0.05, 0) is 50.5 Å². The van der Waals surface area contributed by atoms with Crippen LogP contribution in [-0.2, 0) is 6.42 Å². The molecule has 1 unspecified atom stereocenters. The molecule has 1 saturated carbocycles. The summed E-state index contributed by atoms with van der Waals surface area (Å²) in [5, 5.41) is 3.90. The fourth-order valence-corrected chi connectivity index (χ4v) is 3.97. The number of fused-ring (bicyclic) bond motifs is 1. The molecule has 2 aliphatic carbocycles. The molecule has 1 aromatic rings. The molecule has 1 heterocycles. The van der Waals surface area contributed by atoms with Crippen molar-refractivity contribution in [1.29, 1.82) is 0 Å². The second-order valence-electron chi connectivity index (χ2n) is 6.42. The highest BCUT2D eigenvalue weighted by molar-refractivity contribution is 5.24. The minimum absolute atomic E-state index is 0.551. The average Bonchev–Trinajstić information content (AvgIpc) is 2.91. The number of hydrogen-bond acceptors (Lipinski definition) is 2. The van der Waals surface area contributed by atoms with Crippen molar-refractivity contribution in [1.82, 2.24) is 5.32 Å². The predicted octanol–water partition coefficient (Wildman–Crippen LogP) is 4.61. The van der Waals surface area contributed by atoms with Crippen LogP contribution in [0.4, 0.5) is 0 Å². The van der Waals surface area contributed by atoms with E-state index in [0.29, 0.717) is 6.04 Å². The van der Waals surface area contributed by atoms with Crippen LogP contribution in [0.25, 0.3) is 0 Å². The van der Waals surface area contributed by atoms with E-state index < -0.39 is 0 Å². The lowest BCUT2D eigenvalue weighted by molar-refractivity contribution is 0.254. The average molecular weight is 261 g/mol. The van der Waals surface area contributed by atoms with E-state index >= 15 is 0 Å². The summed E-state index contributed by atoms with van der Waals surface area (Å²) >= 11 is 0. The normalized spacial score (nSPS) is 31.1. The quantitative estimate of drug-likeness (QED) is 0.856. The summed E-state index contributed by atoms with van der Waals surface area (Å²) in [5.74, 6) is 2.22. The van der Waals surface area contributed by atoms with Crippen molar-refractivity contribution in [2.75, 3.05) is 0 Å². The molecule has 1 fully saturated rings. The Morgan fingerprint density at radius 2 is 2.05 bits per heavy atom. The van der Waals surface area contributed by atoms with Gasteiger partial charge in [-0.2, -0.15) is 0 Å². The summed E-state index contributed by atoms with van der Waals surface area (Å²) < 4.78 is 5.58. The van der Waals surface area contributed by atoms with Gasteiger partial charge in [0.15, 0.2) is 0 Å². The van der Waals surface area contributed by atoms with Gasteiger partial charge in [-0.3, -0.25) is 0 Å². The topological polar surface area (TPSA) is 25.2 Å². The van der Waals surface area contributed by atoms with Crippen molar-refractivity contribution in [2.24, 2.45) is 5.92 Å². The Balaban J connectivity index is 1.54. The first-order valence-corrected chi connectivity index (χ1v) is 8.19. The molecular formula is C17H27NO. The molecule has 2 nitrogen and oxygen atoms in total. The van der Waals surface area contributed by atoms with E-state index in [4.69, 9.17) is 4.42 Å². The van der Waals surface area contributed by atoms with E-state index in [0.717, 1.165) is 18.4 Å². The molecule has 1 N–H and O–H groups in total. The first-order chi connectivity index (χ1) is 9.36. The number of rotatable bonds is 4. The summed E-state index contributed by atoms with van der Waals surface area (Å²) in [7, 11) is 0. The van der Waals surface area contributed by atoms with Crippen LogP contribution in [-0.4, -0.2) is 6.04 Å². The second kappa shape index (κ2) is 6.13. The van der Waals surface area contributed by atoms with E-state index in [2.05, 4.69) is 18.3 Å². The Hall–Kier alpha value is -0.760. The lowest BCUT2D eigenvalue weighted by Gasteiger charge is -2.33. The van der Waals surface area contributed by atoms with Crippen molar-refractivity contribution in [3.05, 3.63) is 23.7 Å². The van der Waals surface area contributed by atoms with Crippen molar-refractivity contribution in [2.45, 2.75) is 76.8 Å². The van der Waals surface area contributed by atoms with Crippen LogP contribution in [0.1, 0.15) is 75.7 Å². The van der Waals surface area contributed by atoms with E-state index in [1.807, 2.05) is 6.26 Å². The number of aryl methyl sites for hydroxylation is 1. The monoisotopic (exact) mass is 261 g/mol. The smallest absolute Gasteiger partial charge is 0.108 e. The largest absolute Gasteiger partial charge is 0.469 e. The molecule has 0 saturated heterocycles. The van der Waals surface area contributed by atoms with E-state index in [9.17, 15) is 0 Å². The molecule has 3 rings (SSSR count). The lowest BCUT2D eigenvalue weighted by Crippen LogP contribution is -2.37. The Morgan fingerprint density at radius 3 is 2.84 bits per heavy atom. The Labute approximate surface area is 117 Å². The molecule has 106 valence electrons. The van der Waals surface area contributed by atoms with Crippen molar-refractivity contribution in [3.63, 3.8) is 0 Å². The van der Waals surface area contributed by atoms with E-state index in [1.165, 1.54) is 62.7 Å². The van der Waals surface area contributed by atoms with Crippen molar-refractivity contribution >= 4 is 0 Å². The maximum absolute atomic E-state index is 5.58. The Bertz CT molecular complexity index is 390. The third kappa shape index (κ3) is 3.05. The molecule has 1 aromatic heterocycles. The molecule has 2 heteroatoms. The van der Waals surface area contributed by atoms with Gasteiger partial charge in [-0.25, -0.2) is 0 Å². The first-order valence-electron chi connectivity index (χ1n) is 8.19. The summed E-state index contributed by atoms with van der Waals surface area (Å²) in [6.45, 7) is 2.31. The highest BCUT2D eigenvalue weighted by Crippen LogP contribution is 2.34. The summed E-state index contributed by atoms with van der Waals surface area (Å²) in [4.78, 5) is 0. The number of nitrogens with one attached hydrogen (secondary N) is 1. The highest BCUT2D eigenvalue weighted by atomic mass is 16.3. The van der Waals surface area contributed by atoms with Crippen LogP contribution < -0.4 is 5.32 Å². The fourth-order valence-electron chi connectivity index (χ4n) is 3.97. The van der Waals surface area contributed by atoms with E-state index in [-0.39, 0.29) is 0 Å². The molecule has 19 heavy (non-hydrogen) atoms. The highest BCUT2D eigenvalue weighted by Gasteiger charge is 2.27.